The van der Waals surface area contributed by atoms with Crippen molar-refractivity contribution in [3.8, 4) is 0 Å². The van der Waals surface area contributed by atoms with Gasteiger partial charge in [-0.05, 0) is 56.2 Å². The number of nitrogens with one attached hydrogen (secondary N) is 2. The molecule has 1 aliphatic heterocycles. The number of carbonyl (C=O) groups excluding carboxylic acids is 3. The van der Waals surface area contributed by atoms with Gasteiger partial charge in [0.05, 0.1) is 6.54 Å². The topological polar surface area (TPSA) is 81.8 Å². The number of aryl methyl sites for hydroxylation is 3. The minimum Gasteiger partial charge on any atom is -0.336 e. The van der Waals surface area contributed by atoms with Gasteiger partial charge in [-0.2, -0.15) is 0 Å². The van der Waals surface area contributed by atoms with E-state index in [2.05, 4.69) is 10.6 Å². The summed E-state index contributed by atoms with van der Waals surface area (Å²) in [6, 6.07) is 10.7. The third kappa shape index (κ3) is 4.56. The molecule has 1 saturated heterocycles. The Morgan fingerprint density at radius 1 is 1.10 bits per heavy atom. The molecule has 2 N–H and O–H groups in total. The van der Waals surface area contributed by atoms with Crippen molar-refractivity contribution in [1.82, 2.24) is 10.2 Å². The average molecular weight is 394 g/mol. The Hall–Kier alpha value is -3.35. The van der Waals surface area contributed by atoms with Gasteiger partial charge >= 0.3 is 6.03 Å². The SMILES string of the molecule is Cc1cc(C)c(NC(=O)CN(C)C(=O)c2ccc(N3CCNC3=O)cc2)c(C)c1. The molecule has 0 atom stereocenters. The van der Waals surface area contributed by atoms with Gasteiger partial charge in [0.2, 0.25) is 5.91 Å². The highest BCUT2D eigenvalue weighted by Crippen LogP contribution is 2.22. The first-order valence-corrected chi connectivity index (χ1v) is 9.55. The summed E-state index contributed by atoms with van der Waals surface area (Å²) in [7, 11) is 1.60. The van der Waals surface area contributed by atoms with Crippen molar-refractivity contribution in [2.24, 2.45) is 0 Å². The maximum Gasteiger partial charge on any atom is 0.321 e. The molecule has 0 saturated carbocycles. The molecule has 0 aliphatic carbocycles. The van der Waals surface area contributed by atoms with Gasteiger partial charge in [-0.15, -0.1) is 0 Å². The average Bonchev–Trinajstić information content (AvgIpc) is 3.10. The molecule has 1 aliphatic rings. The van der Waals surface area contributed by atoms with Crippen molar-refractivity contribution in [2.75, 3.05) is 36.9 Å². The number of likely N-dealkylation sites (N-methyl/N-ethyl adjacent to an activating group) is 1. The van der Waals surface area contributed by atoms with Gasteiger partial charge in [-0.1, -0.05) is 17.7 Å². The van der Waals surface area contributed by atoms with Crippen LogP contribution in [-0.4, -0.2) is 49.4 Å². The summed E-state index contributed by atoms with van der Waals surface area (Å²) in [5.41, 5.74) is 5.11. The monoisotopic (exact) mass is 394 g/mol. The predicted molar refractivity (Wildman–Crippen MR) is 113 cm³/mol. The summed E-state index contributed by atoms with van der Waals surface area (Å²) >= 11 is 0. The maximum absolute atomic E-state index is 12.7. The van der Waals surface area contributed by atoms with E-state index in [1.54, 1.807) is 36.2 Å². The molecule has 0 radical (unpaired) electrons. The van der Waals surface area contributed by atoms with E-state index >= 15 is 0 Å². The van der Waals surface area contributed by atoms with E-state index in [1.807, 2.05) is 32.9 Å². The number of carbonyl (C=O) groups is 3. The van der Waals surface area contributed by atoms with Crippen molar-refractivity contribution >= 4 is 29.2 Å². The van der Waals surface area contributed by atoms with Crippen molar-refractivity contribution in [3.63, 3.8) is 0 Å². The summed E-state index contributed by atoms with van der Waals surface area (Å²) in [5.74, 6) is -0.504. The number of hydrogen-bond donors (Lipinski definition) is 2. The van der Waals surface area contributed by atoms with E-state index in [0.717, 1.165) is 28.1 Å². The molecule has 152 valence electrons. The third-order valence-electron chi connectivity index (χ3n) is 4.95. The van der Waals surface area contributed by atoms with E-state index in [0.29, 0.717) is 18.7 Å². The highest BCUT2D eigenvalue weighted by molar-refractivity contribution is 6.00. The van der Waals surface area contributed by atoms with Crippen LogP contribution in [0.3, 0.4) is 0 Å². The zero-order chi connectivity index (χ0) is 21.1. The Morgan fingerprint density at radius 2 is 1.72 bits per heavy atom. The van der Waals surface area contributed by atoms with Crippen LogP contribution < -0.4 is 15.5 Å². The quantitative estimate of drug-likeness (QED) is 0.818. The molecule has 0 unspecified atom stereocenters. The first-order chi connectivity index (χ1) is 13.8. The summed E-state index contributed by atoms with van der Waals surface area (Å²) in [4.78, 5) is 39.9. The maximum atomic E-state index is 12.7. The first kappa shape index (κ1) is 20.4. The van der Waals surface area contributed by atoms with Gasteiger partial charge in [0.1, 0.15) is 0 Å². The number of rotatable bonds is 5. The summed E-state index contributed by atoms with van der Waals surface area (Å²) in [5, 5.41) is 5.65. The molecule has 2 aromatic rings. The number of urea groups is 1. The number of amides is 4. The first-order valence-electron chi connectivity index (χ1n) is 9.55. The lowest BCUT2D eigenvalue weighted by Crippen LogP contribution is -2.35. The molecule has 1 fully saturated rings. The Labute approximate surface area is 170 Å². The van der Waals surface area contributed by atoms with Crippen LogP contribution in [0.1, 0.15) is 27.0 Å². The second-order valence-corrected chi connectivity index (χ2v) is 7.41. The van der Waals surface area contributed by atoms with Crippen molar-refractivity contribution in [2.45, 2.75) is 20.8 Å². The number of benzene rings is 2. The Kier molecular flexibility index (Phi) is 5.87. The molecule has 0 bridgehead atoms. The second kappa shape index (κ2) is 8.34. The van der Waals surface area contributed by atoms with Gasteiger partial charge in [0.25, 0.3) is 5.91 Å². The van der Waals surface area contributed by atoms with E-state index in [1.165, 1.54) is 4.90 Å². The van der Waals surface area contributed by atoms with E-state index in [4.69, 9.17) is 0 Å². The molecule has 1 heterocycles. The molecule has 7 heteroatoms. The minimum absolute atomic E-state index is 0.0537. The fraction of sp³-hybridized carbons (Fsp3) is 0.318. The zero-order valence-electron chi connectivity index (χ0n) is 17.2. The molecule has 0 spiro atoms. The molecule has 29 heavy (non-hydrogen) atoms. The van der Waals surface area contributed by atoms with Crippen LogP contribution in [0.2, 0.25) is 0 Å². The number of anilines is 2. The molecule has 0 aromatic heterocycles. The van der Waals surface area contributed by atoms with E-state index in [-0.39, 0.29) is 24.4 Å². The fourth-order valence-electron chi connectivity index (χ4n) is 3.57. The molecule has 7 nitrogen and oxygen atoms in total. The van der Waals surface area contributed by atoms with Gasteiger partial charge in [0.15, 0.2) is 0 Å². The summed E-state index contributed by atoms with van der Waals surface area (Å²) in [6.07, 6.45) is 0. The summed E-state index contributed by atoms with van der Waals surface area (Å²) in [6.45, 7) is 7.07. The van der Waals surface area contributed by atoms with Crippen LogP contribution in [0.5, 0.6) is 0 Å². The summed E-state index contributed by atoms with van der Waals surface area (Å²) < 4.78 is 0. The van der Waals surface area contributed by atoms with Crippen LogP contribution in [0.25, 0.3) is 0 Å². The lowest BCUT2D eigenvalue weighted by atomic mass is 10.1. The Morgan fingerprint density at radius 3 is 2.28 bits per heavy atom. The molecular formula is C22H26N4O3. The predicted octanol–water partition coefficient (Wildman–Crippen LogP) is 2.85. The lowest BCUT2D eigenvalue weighted by Gasteiger charge is -2.19. The number of nitrogens with zero attached hydrogens (tertiary/aromatic N) is 2. The van der Waals surface area contributed by atoms with Crippen LogP contribution in [0.4, 0.5) is 16.2 Å². The highest BCUT2D eigenvalue weighted by atomic mass is 16.2. The third-order valence-corrected chi connectivity index (χ3v) is 4.95. The van der Waals surface area contributed by atoms with Crippen LogP contribution >= 0.6 is 0 Å². The molecule has 3 rings (SSSR count). The smallest absolute Gasteiger partial charge is 0.321 e. The molecular weight excluding hydrogens is 368 g/mol. The highest BCUT2D eigenvalue weighted by Gasteiger charge is 2.22. The van der Waals surface area contributed by atoms with Crippen molar-refractivity contribution < 1.29 is 14.4 Å². The number of hydrogen-bond acceptors (Lipinski definition) is 3. The zero-order valence-corrected chi connectivity index (χ0v) is 17.2. The van der Waals surface area contributed by atoms with Crippen LogP contribution in [-0.2, 0) is 4.79 Å². The molecule has 4 amide bonds. The van der Waals surface area contributed by atoms with Gasteiger partial charge in [0, 0.05) is 37.1 Å². The van der Waals surface area contributed by atoms with Crippen molar-refractivity contribution in [1.29, 1.82) is 0 Å². The van der Waals surface area contributed by atoms with Gasteiger partial charge in [-0.3, -0.25) is 14.5 Å². The second-order valence-electron chi connectivity index (χ2n) is 7.41. The van der Waals surface area contributed by atoms with Crippen LogP contribution in [0.15, 0.2) is 36.4 Å². The Bertz CT molecular complexity index is 930. The van der Waals surface area contributed by atoms with Gasteiger partial charge < -0.3 is 15.5 Å². The standard InChI is InChI=1S/C22H26N4O3/c1-14-11-15(2)20(16(3)12-14)24-19(27)13-25(4)21(28)17-5-7-18(8-6-17)26-10-9-23-22(26)29/h5-8,11-12H,9-10,13H2,1-4H3,(H,23,29)(H,24,27). The van der Waals surface area contributed by atoms with Gasteiger partial charge in [-0.25, -0.2) is 4.79 Å². The fourth-order valence-corrected chi connectivity index (χ4v) is 3.57. The van der Waals surface area contributed by atoms with Crippen molar-refractivity contribution in [3.05, 3.63) is 58.7 Å². The normalized spacial score (nSPS) is 13.2. The Balaban J connectivity index is 1.63. The lowest BCUT2D eigenvalue weighted by molar-refractivity contribution is -0.116. The minimum atomic E-state index is -0.255. The van der Waals surface area contributed by atoms with E-state index in [9.17, 15) is 14.4 Å². The van der Waals surface area contributed by atoms with E-state index < -0.39 is 0 Å². The van der Waals surface area contributed by atoms with Crippen LogP contribution in [0, 0.1) is 20.8 Å². The molecule has 2 aromatic carbocycles. The largest absolute Gasteiger partial charge is 0.336 e.